The van der Waals surface area contributed by atoms with Crippen LogP contribution in [0.1, 0.15) is 4.88 Å². The number of hydrogen-bond acceptors (Lipinski definition) is 3. The van der Waals surface area contributed by atoms with Crippen LogP contribution in [0.3, 0.4) is 0 Å². The van der Waals surface area contributed by atoms with Crippen LogP contribution in [0.2, 0.25) is 4.47 Å². The van der Waals surface area contributed by atoms with Crippen molar-refractivity contribution in [3.8, 4) is 0 Å². The van der Waals surface area contributed by atoms with Crippen LogP contribution < -0.4 is 5.32 Å². The van der Waals surface area contributed by atoms with E-state index in [1.54, 1.807) is 6.20 Å². The molecule has 0 aliphatic carbocycles. The Morgan fingerprint density at radius 2 is 2.00 bits per heavy atom. The number of benzene rings is 1. The molecule has 0 saturated carbocycles. The van der Waals surface area contributed by atoms with Gasteiger partial charge in [-0.2, -0.15) is 0 Å². The van der Waals surface area contributed by atoms with Crippen molar-refractivity contribution in [3.63, 3.8) is 0 Å². The lowest BCUT2D eigenvalue weighted by Crippen LogP contribution is -2.02. The van der Waals surface area contributed by atoms with Crippen LogP contribution in [0.4, 0.5) is 14.5 Å². The summed E-state index contributed by atoms with van der Waals surface area (Å²) in [4.78, 5) is 4.64. The summed E-state index contributed by atoms with van der Waals surface area (Å²) in [6.07, 6.45) is 1.57. The Bertz CT molecular complexity index is 481. The largest absolute Gasteiger partial charge is 0.375 e. The van der Waals surface area contributed by atoms with Crippen molar-refractivity contribution in [2.45, 2.75) is 6.54 Å². The summed E-state index contributed by atoms with van der Waals surface area (Å²) < 4.78 is 26.8. The molecule has 0 bridgehead atoms. The molecule has 0 saturated heterocycles. The van der Waals surface area contributed by atoms with Gasteiger partial charge in [0.2, 0.25) is 0 Å². The van der Waals surface area contributed by atoms with Crippen molar-refractivity contribution in [3.05, 3.63) is 45.4 Å². The van der Waals surface area contributed by atoms with E-state index in [0.29, 0.717) is 11.0 Å². The summed E-state index contributed by atoms with van der Waals surface area (Å²) in [7, 11) is 0. The van der Waals surface area contributed by atoms with Gasteiger partial charge in [0.15, 0.2) is 4.47 Å². The van der Waals surface area contributed by atoms with Crippen molar-refractivity contribution < 1.29 is 8.78 Å². The Hall–Kier alpha value is -1.20. The Morgan fingerprint density at radius 1 is 1.31 bits per heavy atom. The molecule has 2 rings (SSSR count). The smallest absolute Gasteiger partial charge is 0.183 e. The van der Waals surface area contributed by atoms with Gasteiger partial charge in [0.05, 0.1) is 6.54 Å². The third-order valence-corrected chi connectivity index (χ3v) is 3.04. The first kappa shape index (κ1) is 11.3. The van der Waals surface area contributed by atoms with E-state index in [1.807, 2.05) is 0 Å². The quantitative estimate of drug-likeness (QED) is 0.910. The Morgan fingerprint density at radius 3 is 2.56 bits per heavy atom. The lowest BCUT2D eigenvalue weighted by molar-refractivity contribution is 0.588. The molecule has 0 aliphatic rings. The third-order valence-electron chi connectivity index (χ3n) is 1.93. The first-order chi connectivity index (χ1) is 7.66. The highest BCUT2D eigenvalue weighted by Crippen LogP contribution is 2.22. The van der Waals surface area contributed by atoms with E-state index in [0.717, 1.165) is 4.88 Å². The first-order valence-electron chi connectivity index (χ1n) is 4.45. The predicted octanol–water partition coefficient (Wildman–Crippen LogP) is 3.69. The van der Waals surface area contributed by atoms with Gasteiger partial charge in [-0.15, -0.1) is 11.3 Å². The molecule has 6 heteroatoms. The van der Waals surface area contributed by atoms with Gasteiger partial charge in [0.1, 0.15) is 17.3 Å². The maximum atomic E-state index is 13.2. The second kappa shape index (κ2) is 4.76. The molecular formula is C10H7ClF2N2S. The number of rotatable bonds is 3. The van der Waals surface area contributed by atoms with Gasteiger partial charge in [-0.05, 0) is 12.1 Å². The molecule has 1 N–H and O–H groups in total. The summed E-state index contributed by atoms with van der Waals surface area (Å²) in [5.41, 5.74) is -0.132. The van der Waals surface area contributed by atoms with Crippen molar-refractivity contribution in [2.75, 3.05) is 5.32 Å². The van der Waals surface area contributed by atoms with E-state index >= 15 is 0 Å². The van der Waals surface area contributed by atoms with Crippen LogP contribution >= 0.6 is 22.9 Å². The number of hydrogen-bond donors (Lipinski definition) is 1. The van der Waals surface area contributed by atoms with Crippen LogP contribution in [0, 0.1) is 11.6 Å². The fourth-order valence-corrected chi connectivity index (χ4v) is 2.13. The van der Waals surface area contributed by atoms with E-state index in [4.69, 9.17) is 11.6 Å². The van der Waals surface area contributed by atoms with E-state index in [-0.39, 0.29) is 5.69 Å². The highest BCUT2D eigenvalue weighted by molar-refractivity contribution is 7.15. The maximum Gasteiger partial charge on any atom is 0.183 e. The highest BCUT2D eigenvalue weighted by Gasteiger charge is 2.08. The van der Waals surface area contributed by atoms with Gasteiger partial charge in [-0.3, -0.25) is 0 Å². The molecule has 84 valence electrons. The van der Waals surface area contributed by atoms with Crippen LogP contribution in [0.5, 0.6) is 0 Å². The standard InChI is InChI=1S/C10H7ClF2N2S/c11-10-15-5-6(16-10)4-14-9-7(12)2-1-3-8(9)13/h1-3,5,14H,4H2. The van der Waals surface area contributed by atoms with Gasteiger partial charge >= 0.3 is 0 Å². The van der Waals surface area contributed by atoms with Gasteiger partial charge < -0.3 is 5.32 Å². The Labute approximate surface area is 99.9 Å². The first-order valence-corrected chi connectivity index (χ1v) is 5.64. The fraction of sp³-hybridized carbons (Fsp3) is 0.100. The molecule has 1 heterocycles. The zero-order chi connectivity index (χ0) is 11.5. The molecule has 0 radical (unpaired) electrons. The molecule has 0 atom stereocenters. The average molecular weight is 261 g/mol. The summed E-state index contributed by atoms with van der Waals surface area (Å²) >= 11 is 6.90. The molecule has 0 unspecified atom stereocenters. The highest BCUT2D eigenvalue weighted by atomic mass is 35.5. The van der Waals surface area contributed by atoms with E-state index in [9.17, 15) is 8.78 Å². The second-order valence-electron chi connectivity index (χ2n) is 3.03. The Balaban J connectivity index is 2.10. The van der Waals surface area contributed by atoms with Gasteiger partial charge in [0, 0.05) is 11.1 Å². The monoisotopic (exact) mass is 260 g/mol. The van der Waals surface area contributed by atoms with E-state index in [1.165, 1.54) is 29.5 Å². The molecular weight excluding hydrogens is 254 g/mol. The van der Waals surface area contributed by atoms with Crippen LogP contribution in [0.15, 0.2) is 24.4 Å². The van der Waals surface area contributed by atoms with Crippen molar-refractivity contribution in [1.29, 1.82) is 0 Å². The van der Waals surface area contributed by atoms with Crippen molar-refractivity contribution >= 4 is 28.6 Å². The summed E-state index contributed by atoms with van der Waals surface area (Å²) in [6.45, 7) is 0.294. The number of para-hydroxylation sites is 1. The number of thiazole rings is 1. The van der Waals surface area contributed by atoms with Crippen molar-refractivity contribution in [1.82, 2.24) is 4.98 Å². The molecule has 2 nitrogen and oxygen atoms in total. The molecule has 0 aliphatic heterocycles. The minimum Gasteiger partial charge on any atom is -0.375 e. The number of anilines is 1. The Kier molecular flexibility index (Phi) is 3.36. The van der Waals surface area contributed by atoms with Gasteiger partial charge in [-0.1, -0.05) is 17.7 Å². The normalized spacial score (nSPS) is 10.4. The number of aromatic nitrogens is 1. The zero-order valence-corrected chi connectivity index (χ0v) is 9.58. The predicted molar refractivity (Wildman–Crippen MR) is 60.8 cm³/mol. The fourth-order valence-electron chi connectivity index (χ4n) is 1.21. The topological polar surface area (TPSA) is 24.9 Å². The molecule has 0 fully saturated rings. The molecule has 2 aromatic rings. The van der Waals surface area contributed by atoms with Gasteiger partial charge in [-0.25, -0.2) is 13.8 Å². The maximum absolute atomic E-state index is 13.2. The second-order valence-corrected chi connectivity index (χ2v) is 4.73. The van der Waals surface area contributed by atoms with E-state index in [2.05, 4.69) is 10.3 Å². The minimum absolute atomic E-state index is 0.132. The molecule has 1 aromatic heterocycles. The average Bonchev–Trinajstić information content (AvgIpc) is 2.63. The molecule has 0 spiro atoms. The number of nitrogens with one attached hydrogen (secondary N) is 1. The SMILES string of the molecule is Fc1cccc(F)c1NCc1cnc(Cl)s1. The minimum atomic E-state index is -0.615. The third kappa shape index (κ3) is 2.48. The molecule has 1 aromatic carbocycles. The van der Waals surface area contributed by atoms with Crippen molar-refractivity contribution in [2.24, 2.45) is 0 Å². The van der Waals surface area contributed by atoms with Crippen LogP contribution in [0.25, 0.3) is 0 Å². The number of nitrogens with zero attached hydrogens (tertiary/aromatic N) is 1. The zero-order valence-electron chi connectivity index (χ0n) is 8.01. The van der Waals surface area contributed by atoms with Crippen LogP contribution in [-0.2, 0) is 6.54 Å². The summed E-state index contributed by atoms with van der Waals surface area (Å²) in [5.74, 6) is -1.23. The van der Waals surface area contributed by atoms with Crippen LogP contribution in [-0.4, -0.2) is 4.98 Å². The van der Waals surface area contributed by atoms with E-state index < -0.39 is 11.6 Å². The summed E-state index contributed by atoms with van der Waals surface area (Å²) in [6, 6.07) is 3.72. The number of halogens is 3. The molecule has 16 heavy (non-hydrogen) atoms. The lowest BCUT2D eigenvalue weighted by Gasteiger charge is -2.06. The lowest BCUT2D eigenvalue weighted by atomic mass is 10.3. The van der Waals surface area contributed by atoms with Gasteiger partial charge in [0.25, 0.3) is 0 Å². The summed E-state index contributed by atoms with van der Waals surface area (Å²) in [5, 5.41) is 2.67. The molecule has 0 amide bonds.